The second kappa shape index (κ2) is 7.44. The van der Waals surface area contributed by atoms with Gasteiger partial charge in [0.15, 0.2) is 0 Å². The fourth-order valence-corrected chi connectivity index (χ4v) is 3.00. The van der Waals surface area contributed by atoms with Crippen LogP contribution in [0, 0.1) is 5.92 Å². The molecule has 1 aromatic rings. The lowest BCUT2D eigenvalue weighted by Crippen LogP contribution is -2.42. The van der Waals surface area contributed by atoms with Gasteiger partial charge in [-0.05, 0) is 37.2 Å². The molecule has 2 atom stereocenters. The second-order valence-electron chi connectivity index (χ2n) is 5.86. The van der Waals surface area contributed by atoms with Gasteiger partial charge >= 0.3 is 0 Å². The van der Waals surface area contributed by atoms with Gasteiger partial charge in [0, 0.05) is 13.1 Å². The molecule has 1 saturated heterocycles. The van der Waals surface area contributed by atoms with Gasteiger partial charge in [-0.25, -0.2) is 0 Å². The molecular weight excluding hydrogens is 248 g/mol. The van der Waals surface area contributed by atoms with Crippen LogP contribution in [0.15, 0.2) is 30.3 Å². The lowest BCUT2D eigenvalue weighted by molar-refractivity contribution is -0.131. The molecule has 1 unspecified atom stereocenters. The Balaban J connectivity index is 1.78. The van der Waals surface area contributed by atoms with Crippen LogP contribution in [0.5, 0.6) is 0 Å². The van der Waals surface area contributed by atoms with Gasteiger partial charge in [-0.15, -0.1) is 0 Å². The van der Waals surface area contributed by atoms with E-state index >= 15 is 0 Å². The summed E-state index contributed by atoms with van der Waals surface area (Å²) in [6.45, 7) is 4.00. The highest BCUT2D eigenvalue weighted by atomic mass is 16.2. The average Bonchev–Trinajstić information content (AvgIpc) is 2.94. The van der Waals surface area contributed by atoms with Crippen molar-refractivity contribution >= 4 is 5.91 Å². The topological polar surface area (TPSA) is 46.3 Å². The SMILES string of the molecule is CCCC1CCN(C(=O)[C@@H](N)CCc2ccccc2)C1. The molecule has 0 saturated carbocycles. The summed E-state index contributed by atoms with van der Waals surface area (Å²) in [5.41, 5.74) is 7.32. The van der Waals surface area contributed by atoms with Gasteiger partial charge in [0.25, 0.3) is 0 Å². The summed E-state index contributed by atoms with van der Waals surface area (Å²) < 4.78 is 0. The molecule has 2 rings (SSSR count). The van der Waals surface area contributed by atoms with Crippen molar-refractivity contribution < 1.29 is 4.79 Å². The van der Waals surface area contributed by atoms with Gasteiger partial charge in [0.2, 0.25) is 5.91 Å². The number of benzene rings is 1. The summed E-state index contributed by atoms with van der Waals surface area (Å²) >= 11 is 0. The molecule has 1 aliphatic heterocycles. The van der Waals surface area contributed by atoms with E-state index in [2.05, 4.69) is 19.1 Å². The number of rotatable bonds is 6. The van der Waals surface area contributed by atoms with Crippen LogP contribution in [0.2, 0.25) is 0 Å². The van der Waals surface area contributed by atoms with E-state index in [0.29, 0.717) is 5.92 Å². The van der Waals surface area contributed by atoms with E-state index in [1.807, 2.05) is 23.1 Å². The Morgan fingerprint density at radius 1 is 1.40 bits per heavy atom. The molecule has 0 aliphatic carbocycles. The first-order valence-electron chi connectivity index (χ1n) is 7.79. The van der Waals surface area contributed by atoms with E-state index in [9.17, 15) is 4.79 Å². The smallest absolute Gasteiger partial charge is 0.239 e. The fourth-order valence-electron chi connectivity index (χ4n) is 3.00. The van der Waals surface area contributed by atoms with Crippen molar-refractivity contribution in [2.45, 2.75) is 45.1 Å². The predicted octanol–water partition coefficient (Wildman–Crippen LogP) is 2.60. The maximum atomic E-state index is 12.3. The molecule has 0 radical (unpaired) electrons. The molecule has 0 aromatic heterocycles. The Morgan fingerprint density at radius 2 is 2.15 bits per heavy atom. The lowest BCUT2D eigenvalue weighted by atomic mass is 10.0. The van der Waals surface area contributed by atoms with Crippen molar-refractivity contribution in [3.8, 4) is 0 Å². The molecule has 0 spiro atoms. The number of hydrogen-bond donors (Lipinski definition) is 1. The van der Waals surface area contributed by atoms with Crippen LogP contribution in [-0.4, -0.2) is 29.9 Å². The zero-order chi connectivity index (χ0) is 14.4. The van der Waals surface area contributed by atoms with E-state index in [0.717, 1.165) is 32.4 Å². The lowest BCUT2D eigenvalue weighted by Gasteiger charge is -2.21. The molecule has 1 amide bonds. The minimum atomic E-state index is -0.351. The normalized spacial score (nSPS) is 20.1. The summed E-state index contributed by atoms with van der Waals surface area (Å²) in [4.78, 5) is 14.3. The van der Waals surface area contributed by atoms with Crippen LogP contribution in [0.4, 0.5) is 0 Å². The third-order valence-electron chi connectivity index (χ3n) is 4.20. The highest BCUT2D eigenvalue weighted by Crippen LogP contribution is 2.21. The number of amides is 1. The monoisotopic (exact) mass is 274 g/mol. The fraction of sp³-hybridized carbons (Fsp3) is 0.588. The molecule has 1 aromatic carbocycles. The third kappa shape index (κ3) is 4.07. The Morgan fingerprint density at radius 3 is 2.85 bits per heavy atom. The first-order valence-corrected chi connectivity index (χ1v) is 7.79. The first-order chi connectivity index (χ1) is 9.70. The van der Waals surface area contributed by atoms with Gasteiger partial charge in [-0.1, -0.05) is 43.7 Å². The van der Waals surface area contributed by atoms with E-state index < -0.39 is 0 Å². The summed E-state index contributed by atoms with van der Waals surface area (Å²) in [5, 5.41) is 0. The standard InChI is InChI=1S/C17H26N2O/c1-2-6-15-11-12-19(13-15)17(20)16(18)10-9-14-7-4-3-5-8-14/h3-5,7-8,15-16H,2,6,9-13,18H2,1H3/t15?,16-/m0/s1. The highest BCUT2D eigenvalue weighted by molar-refractivity contribution is 5.81. The molecule has 1 aliphatic rings. The van der Waals surface area contributed by atoms with Crippen LogP contribution in [-0.2, 0) is 11.2 Å². The predicted molar refractivity (Wildman–Crippen MR) is 82.3 cm³/mol. The van der Waals surface area contributed by atoms with Crippen molar-refractivity contribution in [3.63, 3.8) is 0 Å². The zero-order valence-electron chi connectivity index (χ0n) is 12.4. The maximum Gasteiger partial charge on any atom is 0.239 e. The number of hydrogen-bond acceptors (Lipinski definition) is 2. The van der Waals surface area contributed by atoms with Gasteiger partial charge in [-0.3, -0.25) is 4.79 Å². The maximum absolute atomic E-state index is 12.3. The van der Waals surface area contributed by atoms with Crippen LogP contribution in [0.25, 0.3) is 0 Å². The minimum Gasteiger partial charge on any atom is -0.341 e. The Kier molecular flexibility index (Phi) is 5.60. The molecule has 1 heterocycles. The molecule has 0 bridgehead atoms. The first kappa shape index (κ1) is 15.0. The summed E-state index contributed by atoms with van der Waals surface area (Å²) in [5.74, 6) is 0.824. The second-order valence-corrected chi connectivity index (χ2v) is 5.86. The summed E-state index contributed by atoms with van der Waals surface area (Å²) in [6, 6.07) is 9.88. The van der Waals surface area contributed by atoms with Gasteiger partial charge < -0.3 is 10.6 Å². The summed E-state index contributed by atoms with van der Waals surface area (Å²) in [7, 11) is 0. The number of likely N-dealkylation sites (tertiary alicyclic amines) is 1. The number of carbonyl (C=O) groups is 1. The average molecular weight is 274 g/mol. The molecule has 3 nitrogen and oxygen atoms in total. The van der Waals surface area contributed by atoms with Crippen molar-refractivity contribution in [3.05, 3.63) is 35.9 Å². The third-order valence-corrected chi connectivity index (χ3v) is 4.20. The molecule has 2 N–H and O–H groups in total. The van der Waals surface area contributed by atoms with Crippen molar-refractivity contribution in [2.75, 3.05) is 13.1 Å². The van der Waals surface area contributed by atoms with Gasteiger partial charge in [-0.2, -0.15) is 0 Å². The zero-order valence-corrected chi connectivity index (χ0v) is 12.4. The minimum absolute atomic E-state index is 0.138. The van der Waals surface area contributed by atoms with E-state index in [1.54, 1.807) is 0 Å². The van der Waals surface area contributed by atoms with Gasteiger partial charge in [0.1, 0.15) is 0 Å². The molecular formula is C17H26N2O. The van der Waals surface area contributed by atoms with Crippen LogP contribution >= 0.6 is 0 Å². The molecule has 3 heteroatoms. The van der Waals surface area contributed by atoms with E-state index in [1.165, 1.54) is 18.4 Å². The van der Waals surface area contributed by atoms with Crippen LogP contribution < -0.4 is 5.73 Å². The van der Waals surface area contributed by atoms with Gasteiger partial charge in [0.05, 0.1) is 6.04 Å². The van der Waals surface area contributed by atoms with E-state index in [4.69, 9.17) is 5.73 Å². The highest BCUT2D eigenvalue weighted by Gasteiger charge is 2.28. The van der Waals surface area contributed by atoms with Crippen molar-refractivity contribution in [1.82, 2.24) is 4.90 Å². The van der Waals surface area contributed by atoms with E-state index in [-0.39, 0.29) is 11.9 Å². The molecule has 20 heavy (non-hydrogen) atoms. The van der Waals surface area contributed by atoms with Crippen LogP contribution in [0.1, 0.15) is 38.2 Å². The largest absolute Gasteiger partial charge is 0.341 e. The van der Waals surface area contributed by atoms with Crippen molar-refractivity contribution in [1.29, 1.82) is 0 Å². The quantitative estimate of drug-likeness (QED) is 0.866. The number of nitrogens with two attached hydrogens (primary N) is 1. The van der Waals surface area contributed by atoms with Crippen molar-refractivity contribution in [2.24, 2.45) is 11.7 Å². The van der Waals surface area contributed by atoms with Crippen LogP contribution in [0.3, 0.4) is 0 Å². The number of carbonyl (C=O) groups excluding carboxylic acids is 1. The molecule has 1 fully saturated rings. The Hall–Kier alpha value is -1.35. The molecule has 110 valence electrons. The Labute approximate surface area is 122 Å². The summed E-state index contributed by atoms with van der Waals surface area (Å²) in [6.07, 6.45) is 5.18. The Bertz CT molecular complexity index is 418. The number of aryl methyl sites for hydroxylation is 1. The number of nitrogens with zero attached hydrogens (tertiary/aromatic N) is 1.